The van der Waals surface area contributed by atoms with Crippen LogP contribution in [-0.2, 0) is 0 Å². The molecule has 1 saturated heterocycles. The number of nitrogens with zero attached hydrogens (tertiary/aromatic N) is 2. The first-order chi connectivity index (χ1) is 13.0. The predicted octanol–water partition coefficient (Wildman–Crippen LogP) is 4.91. The monoisotopic (exact) mass is 409 g/mol. The average Bonchev–Trinajstić information content (AvgIpc) is 3.04. The summed E-state index contributed by atoms with van der Waals surface area (Å²) in [4.78, 5) is 20.1. The number of nitrogens with one attached hydrogen (secondary N) is 1. The largest absolute Gasteiger partial charge is 0.351 e. The Balaban J connectivity index is 1.55. The van der Waals surface area contributed by atoms with E-state index in [1.54, 1.807) is 6.07 Å². The Morgan fingerprint density at radius 2 is 2.26 bits per heavy atom. The summed E-state index contributed by atoms with van der Waals surface area (Å²) in [5.41, 5.74) is 1.39. The Hall–Kier alpha value is -1.50. The fourth-order valence-corrected chi connectivity index (χ4v) is 4.57. The summed E-state index contributed by atoms with van der Waals surface area (Å²) in [6, 6.07) is 5.12. The Bertz CT molecular complexity index is 811. The average molecular weight is 410 g/mol. The van der Waals surface area contributed by atoms with Crippen LogP contribution in [-0.4, -0.2) is 41.5 Å². The van der Waals surface area contributed by atoms with E-state index < -0.39 is 5.82 Å². The second-order valence-electron chi connectivity index (χ2n) is 7.05. The minimum absolute atomic E-state index is 0.0540. The minimum atomic E-state index is -0.463. The lowest BCUT2D eigenvalue weighted by atomic mass is 10.0. The van der Waals surface area contributed by atoms with E-state index in [4.69, 9.17) is 11.6 Å². The summed E-state index contributed by atoms with van der Waals surface area (Å²) < 4.78 is 13.3. The lowest BCUT2D eigenvalue weighted by Gasteiger charge is -2.33. The van der Waals surface area contributed by atoms with Gasteiger partial charge in [0.05, 0.1) is 10.7 Å². The van der Waals surface area contributed by atoms with Gasteiger partial charge in [-0.25, -0.2) is 9.37 Å². The number of aryl methyl sites for hydroxylation is 1. The van der Waals surface area contributed by atoms with Crippen LogP contribution < -0.4 is 5.32 Å². The Kier molecular flexibility index (Phi) is 6.84. The van der Waals surface area contributed by atoms with Crippen LogP contribution in [0.1, 0.15) is 48.0 Å². The van der Waals surface area contributed by atoms with Crippen LogP contribution in [0.3, 0.4) is 0 Å². The SMILES string of the molecule is Cc1nc(-c2ccc(F)c(Cl)c2)sc1C(=O)NCCCN1CCCCC1C. The second-order valence-corrected chi connectivity index (χ2v) is 8.46. The minimum Gasteiger partial charge on any atom is -0.351 e. The normalized spacial score (nSPS) is 17.9. The highest BCUT2D eigenvalue weighted by atomic mass is 35.5. The van der Waals surface area contributed by atoms with Crippen molar-refractivity contribution in [2.45, 2.75) is 45.6 Å². The number of amides is 1. The molecule has 1 atom stereocenters. The number of piperidine rings is 1. The number of hydrogen-bond donors (Lipinski definition) is 1. The maximum Gasteiger partial charge on any atom is 0.263 e. The molecule has 2 heterocycles. The third-order valence-corrected chi connectivity index (χ3v) is 6.51. The van der Waals surface area contributed by atoms with Crippen LogP contribution in [0.2, 0.25) is 5.02 Å². The van der Waals surface area contributed by atoms with E-state index in [1.807, 2.05) is 6.92 Å². The molecule has 1 fully saturated rings. The highest BCUT2D eigenvalue weighted by Gasteiger charge is 2.19. The predicted molar refractivity (Wildman–Crippen MR) is 109 cm³/mol. The van der Waals surface area contributed by atoms with Crippen molar-refractivity contribution >= 4 is 28.8 Å². The van der Waals surface area contributed by atoms with Gasteiger partial charge in [0.2, 0.25) is 0 Å². The number of aromatic nitrogens is 1. The van der Waals surface area contributed by atoms with Crippen LogP contribution in [0.25, 0.3) is 10.6 Å². The number of likely N-dealkylation sites (tertiary alicyclic amines) is 1. The molecule has 2 aromatic rings. The van der Waals surface area contributed by atoms with Gasteiger partial charge in [-0.3, -0.25) is 4.79 Å². The first-order valence-corrected chi connectivity index (χ1v) is 10.6. The summed E-state index contributed by atoms with van der Waals surface area (Å²) >= 11 is 7.16. The van der Waals surface area contributed by atoms with Crippen LogP contribution in [0.15, 0.2) is 18.2 Å². The standard InChI is InChI=1S/C20H25ClFN3OS/c1-13-6-3-4-10-25(13)11-5-9-23-19(26)18-14(2)24-20(27-18)15-7-8-17(22)16(21)12-15/h7-8,12-13H,3-6,9-11H2,1-2H3,(H,23,26). The van der Waals surface area contributed by atoms with Crippen molar-refractivity contribution in [3.63, 3.8) is 0 Å². The van der Waals surface area contributed by atoms with E-state index in [0.717, 1.165) is 19.5 Å². The summed E-state index contributed by atoms with van der Waals surface area (Å²) in [5.74, 6) is -0.564. The van der Waals surface area contributed by atoms with Gasteiger partial charge in [-0.2, -0.15) is 0 Å². The van der Waals surface area contributed by atoms with Crippen molar-refractivity contribution < 1.29 is 9.18 Å². The summed E-state index contributed by atoms with van der Waals surface area (Å²) in [6.07, 6.45) is 4.80. The molecule has 0 aliphatic carbocycles. The van der Waals surface area contributed by atoms with Crippen molar-refractivity contribution in [1.82, 2.24) is 15.2 Å². The van der Waals surface area contributed by atoms with Gasteiger partial charge in [0, 0.05) is 24.7 Å². The highest BCUT2D eigenvalue weighted by Crippen LogP contribution is 2.30. The zero-order valence-corrected chi connectivity index (χ0v) is 17.3. The molecule has 4 nitrogen and oxygen atoms in total. The summed E-state index contributed by atoms with van der Waals surface area (Å²) in [6.45, 7) is 6.92. The maximum atomic E-state index is 13.3. The third kappa shape index (κ3) is 5.06. The van der Waals surface area contributed by atoms with Crippen LogP contribution in [0.5, 0.6) is 0 Å². The fourth-order valence-electron chi connectivity index (χ4n) is 3.41. The molecule has 146 valence electrons. The third-order valence-electron chi connectivity index (χ3n) is 5.02. The van der Waals surface area contributed by atoms with Crippen molar-refractivity contribution in [3.05, 3.63) is 39.6 Å². The molecule has 1 aromatic carbocycles. The molecule has 0 bridgehead atoms. The van der Waals surface area contributed by atoms with Gasteiger partial charge < -0.3 is 10.2 Å². The van der Waals surface area contributed by atoms with Crippen LogP contribution in [0.4, 0.5) is 4.39 Å². The van der Waals surface area contributed by atoms with Gasteiger partial charge in [-0.05, 0) is 57.9 Å². The molecule has 0 spiro atoms. The number of carbonyl (C=O) groups is 1. The Morgan fingerprint density at radius 1 is 1.44 bits per heavy atom. The number of halogens is 2. The number of benzene rings is 1. The topological polar surface area (TPSA) is 45.2 Å². The van der Waals surface area contributed by atoms with Gasteiger partial charge in [0.25, 0.3) is 5.91 Å². The summed E-state index contributed by atoms with van der Waals surface area (Å²) in [5, 5.41) is 3.72. The van der Waals surface area contributed by atoms with Gasteiger partial charge in [-0.15, -0.1) is 11.3 Å². The van der Waals surface area contributed by atoms with E-state index in [9.17, 15) is 9.18 Å². The van der Waals surface area contributed by atoms with E-state index in [1.165, 1.54) is 42.7 Å². The number of hydrogen-bond acceptors (Lipinski definition) is 4. The molecule has 1 N–H and O–H groups in total. The van der Waals surface area contributed by atoms with Gasteiger partial charge in [-0.1, -0.05) is 18.0 Å². The molecule has 0 saturated carbocycles. The summed E-state index contributed by atoms with van der Waals surface area (Å²) in [7, 11) is 0. The molecule has 1 aromatic heterocycles. The van der Waals surface area contributed by atoms with Crippen molar-refractivity contribution in [1.29, 1.82) is 0 Å². The van der Waals surface area contributed by atoms with E-state index >= 15 is 0 Å². The molecular formula is C20H25ClFN3OS. The zero-order chi connectivity index (χ0) is 19.4. The molecule has 27 heavy (non-hydrogen) atoms. The lowest BCUT2D eigenvalue weighted by molar-refractivity contribution is 0.0952. The van der Waals surface area contributed by atoms with Crippen LogP contribution >= 0.6 is 22.9 Å². The quantitative estimate of drug-likeness (QED) is 0.690. The maximum absolute atomic E-state index is 13.3. The molecule has 7 heteroatoms. The molecule has 1 aliphatic rings. The molecule has 1 unspecified atom stereocenters. The van der Waals surface area contributed by atoms with Crippen LogP contribution in [0, 0.1) is 12.7 Å². The van der Waals surface area contributed by atoms with E-state index in [0.29, 0.717) is 33.7 Å². The van der Waals surface area contributed by atoms with Crippen molar-refractivity contribution in [3.8, 4) is 10.6 Å². The van der Waals surface area contributed by atoms with E-state index in [2.05, 4.69) is 22.1 Å². The highest BCUT2D eigenvalue weighted by molar-refractivity contribution is 7.17. The molecule has 1 amide bonds. The Morgan fingerprint density at radius 3 is 3.00 bits per heavy atom. The second kappa shape index (κ2) is 9.13. The lowest BCUT2D eigenvalue weighted by Crippen LogP contribution is -2.39. The molecule has 3 rings (SSSR count). The van der Waals surface area contributed by atoms with Gasteiger partial charge >= 0.3 is 0 Å². The van der Waals surface area contributed by atoms with Gasteiger partial charge in [0.1, 0.15) is 15.7 Å². The number of carbonyl (C=O) groups excluding carboxylic acids is 1. The van der Waals surface area contributed by atoms with Crippen molar-refractivity contribution in [2.24, 2.45) is 0 Å². The van der Waals surface area contributed by atoms with Crippen molar-refractivity contribution in [2.75, 3.05) is 19.6 Å². The Labute approximate surface area is 168 Å². The molecular weight excluding hydrogens is 385 g/mol. The molecule has 1 aliphatic heterocycles. The molecule has 0 radical (unpaired) electrons. The first-order valence-electron chi connectivity index (χ1n) is 9.41. The smallest absolute Gasteiger partial charge is 0.263 e. The van der Waals surface area contributed by atoms with E-state index in [-0.39, 0.29) is 10.9 Å². The fraction of sp³-hybridized carbons (Fsp3) is 0.500. The number of rotatable bonds is 6. The zero-order valence-electron chi connectivity index (χ0n) is 15.7. The number of thiazole rings is 1. The van der Waals surface area contributed by atoms with Gasteiger partial charge in [0.15, 0.2) is 0 Å². The first kappa shape index (κ1) is 20.2.